The van der Waals surface area contributed by atoms with E-state index >= 15 is 0 Å². The number of nitrogens with one attached hydrogen (secondary N) is 2. The molecule has 0 aliphatic carbocycles. The summed E-state index contributed by atoms with van der Waals surface area (Å²) in [4.78, 5) is 9.20. The quantitative estimate of drug-likeness (QED) is 0.241. The summed E-state index contributed by atoms with van der Waals surface area (Å²) in [6.07, 6.45) is 5.90. The SMILES string of the molecule is CCNC(=NCCCOCC(C)C)NCCc1cn2ccccc2n1.I. The number of halogens is 1. The monoisotopic (exact) mass is 473 g/mol. The number of nitrogens with zero attached hydrogens (tertiary/aromatic N) is 3. The lowest BCUT2D eigenvalue weighted by atomic mass is 10.2. The van der Waals surface area contributed by atoms with Crippen molar-refractivity contribution in [3.63, 3.8) is 0 Å². The van der Waals surface area contributed by atoms with Crippen LogP contribution in [0, 0.1) is 5.92 Å². The zero-order chi connectivity index (χ0) is 17.9. The standard InChI is InChI=1S/C19H31N5O.HI/c1-4-20-19(21-10-7-13-25-15-16(2)3)22-11-9-17-14-24-12-6-5-8-18(24)23-17;/h5-6,8,12,14,16H,4,7,9-11,13,15H2,1-3H3,(H2,20,21,22);1H. The lowest BCUT2D eigenvalue weighted by Crippen LogP contribution is -2.38. The molecule has 7 heteroatoms. The Morgan fingerprint density at radius 3 is 2.88 bits per heavy atom. The Morgan fingerprint density at radius 1 is 1.31 bits per heavy atom. The fourth-order valence-corrected chi connectivity index (χ4v) is 2.43. The fraction of sp³-hybridized carbons (Fsp3) is 0.579. The van der Waals surface area contributed by atoms with Crippen molar-refractivity contribution < 1.29 is 4.74 Å². The molecule has 2 rings (SSSR count). The molecule has 0 aliphatic heterocycles. The first-order valence-electron chi connectivity index (χ1n) is 9.21. The summed E-state index contributed by atoms with van der Waals surface area (Å²) in [5.41, 5.74) is 2.07. The maximum absolute atomic E-state index is 5.58. The largest absolute Gasteiger partial charge is 0.381 e. The molecule has 0 atom stereocenters. The molecular formula is C19H32IN5O. The number of imidazole rings is 1. The van der Waals surface area contributed by atoms with Crippen molar-refractivity contribution in [3.05, 3.63) is 36.3 Å². The third kappa shape index (κ3) is 8.35. The molecule has 2 N–H and O–H groups in total. The molecular weight excluding hydrogens is 441 g/mol. The summed E-state index contributed by atoms with van der Waals surface area (Å²) in [7, 11) is 0. The Morgan fingerprint density at radius 2 is 2.15 bits per heavy atom. The molecule has 2 aromatic heterocycles. The number of pyridine rings is 1. The van der Waals surface area contributed by atoms with Crippen molar-refractivity contribution >= 4 is 35.6 Å². The van der Waals surface area contributed by atoms with Gasteiger partial charge in [0.05, 0.1) is 5.69 Å². The van der Waals surface area contributed by atoms with E-state index in [-0.39, 0.29) is 24.0 Å². The molecule has 0 amide bonds. The van der Waals surface area contributed by atoms with Crippen molar-refractivity contribution in [2.75, 3.05) is 32.8 Å². The van der Waals surface area contributed by atoms with Gasteiger partial charge in [-0.3, -0.25) is 4.99 Å². The number of guanidine groups is 1. The zero-order valence-corrected chi connectivity index (χ0v) is 18.4. The van der Waals surface area contributed by atoms with Gasteiger partial charge >= 0.3 is 0 Å². The third-order valence-corrected chi connectivity index (χ3v) is 3.60. The second-order valence-electron chi connectivity index (χ2n) is 6.46. The molecule has 146 valence electrons. The minimum Gasteiger partial charge on any atom is -0.381 e. The van der Waals surface area contributed by atoms with Crippen LogP contribution in [0.5, 0.6) is 0 Å². The van der Waals surface area contributed by atoms with E-state index in [9.17, 15) is 0 Å². The van der Waals surface area contributed by atoms with Gasteiger partial charge in [-0.1, -0.05) is 19.9 Å². The van der Waals surface area contributed by atoms with Crippen LogP contribution in [-0.4, -0.2) is 48.2 Å². The Balaban J connectivity index is 0.00000338. The van der Waals surface area contributed by atoms with Gasteiger partial charge in [0.25, 0.3) is 0 Å². The Bertz CT molecular complexity index is 623. The van der Waals surface area contributed by atoms with Gasteiger partial charge in [-0.2, -0.15) is 0 Å². The van der Waals surface area contributed by atoms with Crippen LogP contribution in [-0.2, 0) is 11.2 Å². The molecule has 0 unspecified atom stereocenters. The number of hydrogen-bond donors (Lipinski definition) is 2. The first-order valence-corrected chi connectivity index (χ1v) is 9.21. The topological polar surface area (TPSA) is 63.0 Å². The summed E-state index contributed by atoms with van der Waals surface area (Å²) in [5.74, 6) is 1.44. The first-order chi connectivity index (χ1) is 12.2. The number of rotatable bonds is 10. The van der Waals surface area contributed by atoms with Crippen LogP contribution in [0.2, 0.25) is 0 Å². The predicted molar refractivity (Wildman–Crippen MR) is 119 cm³/mol. The van der Waals surface area contributed by atoms with E-state index in [2.05, 4.69) is 47.6 Å². The number of aromatic nitrogens is 2. The minimum atomic E-state index is 0. The highest BCUT2D eigenvalue weighted by molar-refractivity contribution is 14.0. The van der Waals surface area contributed by atoms with Crippen molar-refractivity contribution in [2.24, 2.45) is 10.9 Å². The normalized spacial score (nSPS) is 11.6. The van der Waals surface area contributed by atoms with Crippen molar-refractivity contribution in [2.45, 2.75) is 33.6 Å². The lowest BCUT2D eigenvalue weighted by Gasteiger charge is -2.11. The molecule has 0 saturated carbocycles. The van der Waals surface area contributed by atoms with Gasteiger partial charge in [-0.15, -0.1) is 24.0 Å². The van der Waals surface area contributed by atoms with Gasteiger partial charge in [-0.25, -0.2) is 4.98 Å². The average molecular weight is 473 g/mol. The van der Waals surface area contributed by atoms with E-state index in [0.29, 0.717) is 5.92 Å². The molecule has 0 spiro atoms. The number of aliphatic imine (C=N–C) groups is 1. The second kappa shape index (κ2) is 12.9. The summed E-state index contributed by atoms with van der Waals surface area (Å²) in [6.45, 7) is 10.4. The van der Waals surface area contributed by atoms with E-state index in [1.54, 1.807) is 0 Å². The average Bonchev–Trinajstić information content (AvgIpc) is 3.00. The molecule has 0 bridgehead atoms. The Labute approximate surface area is 173 Å². The molecule has 0 aromatic carbocycles. The molecule has 0 aliphatic rings. The van der Waals surface area contributed by atoms with Crippen LogP contribution in [0.15, 0.2) is 35.6 Å². The molecule has 2 heterocycles. The summed E-state index contributed by atoms with van der Waals surface area (Å²) in [5, 5.41) is 6.65. The third-order valence-electron chi connectivity index (χ3n) is 3.60. The molecule has 6 nitrogen and oxygen atoms in total. The smallest absolute Gasteiger partial charge is 0.191 e. The summed E-state index contributed by atoms with van der Waals surface area (Å²) >= 11 is 0. The van der Waals surface area contributed by atoms with Gasteiger partial charge in [0.2, 0.25) is 0 Å². The van der Waals surface area contributed by atoms with E-state index in [1.165, 1.54) is 0 Å². The van der Waals surface area contributed by atoms with Crippen LogP contribution < -0.4 is 10.6 Å². The van der Waals surface area contributed by atoms with Gasteiger partial charge < -0.3 is 19.8 Å². The number of hydrogen-bond acceptors (Lipinski definition) is 3. The van der Waals surface area contributed by atoms with Crippen LogP contribution in [0.4, 0.5) is 0 Å². The molecule has 2 aromatic rings. The van der Waals surface area contributed by atoms with Gasteiger partial charge in [0, 0.05) is 51.7 Å². The molecule has 0 saturated heterocycles. The molecule has 0 fully saturated rings. The minimum absolute atomic E-state index is 0. The van der Waals surface area contributed by atoms with E-state index in [0.717, 1.165) is 63.0 Å². The van der Waals surface area contributed by atoms with Crippen LogP contribution in [0.1, 0.15) is 32.9 Å². The van der Waals surface area contributed by atoms with E-state index in [1.807, 2.05) is 28.8 Å². The molecule has 0 radical (unpaired) electrons. The number of ether oxygens (including phenoxy) is 1. The van der Waals surface area contributed by atoms with Crippen molar-refractivity contribution in [3.8, 4) is 0 Å². The highest BCUT2D eigenvalue weighted by atomic mass is 127. The highest BCUT2D eigenvalue weighted by Crippen LogP contribution is 2.04. The summed E-state index contributed by atoms with van der Waals surface area (Å²) < 4.78 is 7.63. The first kappa shape index (κ1) is 22.7. The van der Waals surface area contributed by atoms with E-state index in [4.69, 9.17) is 4.74 Å². The number of fused-ring (bicyclic) bond motifs is 1. The van der Waals surface area contributed by atoms with Gasteiger partial charge in [0.1, 0.15) is 5.65 Å². The van der Waals surface area contributed by atoms with Crippen LogP contribution >= 0.6 is 24.0 Å². The maximum Gasteiger partial charge on any atom is 0.191 e. The Hall–Kier alpha value is -1.35. The Kier molecular flexibility index (Phi) is 11.3. The van der Waals surface area contributed by atoms with Crippen LogP contribution in [0.25, 0.3) is 5.65 Å². The van der Waals surface area contributed by atoms with Gasteiger partial charge in [0.15, 0.2) is 5.96 Å². The maximum atomic E-state index is 5.58. The van der Waals surface area contributed by atoms with Crippen LogP contribution in [0.3, 0.4) is 0 Å². The second-order valence-corrected chi connectivity index (χ2v) is 6.46. The lowest BCUT2D eigenvalue weighted by molar-refractivity contribution is 0.109. The summed E-state index contributed by atoms with van der Waals surface area (Å²) in [6, 6.07) is 6.03. The van der Waals surface area contributed by atoms with Gasteiger partial charge in [-0.05, 0) is 31.4 Å². The van der Waals surface area contributed by atoms with Crippen molar-refractivity contribution in [1.29, 1.82) is 0 Å². The van der Waals surface area contributed by atoms with E-state index < -0.39 is 0 Å². The zero-order valence-electron chi connectivity index (χ0n) is 16.1. The fourth-order valence-electron chi connectivity index (χ4n) is 2.43. The van der Waals surface area contributed by atoms with Crippen molar-refractivity contribution in [1.82, 2.24) is 20.0 Å². The predicted octanol–water partition coefficient (Wildman–Crippen LogP) is 3.11. The highest BCUT2D eigenvalue weighted by Gasteiger charge is 2.02. The molecule has 26 heavy (non-hydrogen) atoms.